The number of rotatable bonds is 7. The van der Waals surface area contributed by atoms with Crippen LogP contribution in [0.4, 0.5) is 0 Å². The van der Waals surface area contributed by atoms with Crippen molar-refractivity contribution in [2.75, 3.05) is 7.11 Å². The minimum atomic E-state index is 0.530. The molecule has 2 N–H and O–H groups in total. The van der Waals surface area contributed by atoms with Gasteiger partial charge in [0.25, 0.3) is 0 Å². The first-order valence-electron chi connectivity index (χ1n) is 7.91. The normalized spacial score (nSPS) is 11.0. The summed E-state index contributed by atoms with van der Waals surface area (Å²) in [6, 6.07) is 18.2. The van der Waals surface area contributed by atoms with Crippen LogP contribution in [0, 0.1) is 0 Å². The summed E-state index contributed by atoms with van der Waals surface area (Å²) in [4.78, 5) is 0. The van der Waals surface area contributed by atoms with E-state index in [-0.39, 0.29) is 0 Å². The highest BCUT2D eigenvalue weighted by molar-refractivity contribution is 7.80. The van der Waals surface area contributed by atoms with Crippen molar-refractivity contribution < 1.29 is 4.74 Å². The zero-order valence-corrected chi connectivity index (χ0v) is 14.9. The Kier molecular flexibility index (Phi) is 7.23. The summed E-state index contributed by atoms with van der Waals surface area (Å²) in [6.45, 7) is 2.68. The molecule has 0 saturated carbocycles. The average molecular weight is 341 g/mol. The van der Waals surface area contributed by atoms with E-state index in [1.54, 1.807) is 7.11 Å². The van der Waals surface area contributed by atoms with Crippen molar-refractivity contribution in [3.63, 3.8) is 0 Å². The third-order valence-electron chi connectivity index (χ3n) is 3.58. The summed E-state index contributed by atoms with van der Waals surface area (Å²) in [5.74, 6) is 0.876. The Morgan fingerprint density at radius 1 is 1.04 bits per heavy atom. The molecular formula is C19H23N3OS. The molecule has 0 heterocycles. The molecule has 0 spiro atoms. The standard InChI is InChI=1S/C19H23N3OS/c1-15(8-9-16-10-12-18(23-2)13-11-16)21-22-19(24)20-14-17-6-4-3-5-7-17/h3-7,10-13H,8-9,14H2,1-2H3,(H2,20,22,24)/b21-15-. The van der Waals surface area contributed by atoms with Crippen molar-refractivity contribution in [2.24, 2.45) is 5.10 Å². The van der Waals surface area contributed by atoms with Gasteiger partial charge >= 0.3 is 0 Å². The summed E-state index contributed by atoms with van der Waals surface area (Å²) < 4.78 is 5.16. The lowest BCUT2D eigenvalue weighted by atomic mass is 10.1. The molecule has 0 unspecified atom stereocenters. The van der Waals surface area contributed by atoms with E-state index >= 15 is 0 Å². The fourth-order valence-corrected chi connectivity index (χ4v) is 2.26. The third-order valence-corrected chi connectivity index (χ3v) is 3.81. The molecule has 2 aromatic carbocycles. The van der Waals surface area contributed by atoms with Gasteiger partial charge in [-0.1, -0.05) is 42.5 Å². The van der Waals surface area contributed by atoms with Crippen LogP contribution >= 0.6 is 12.2 Å². The second kappa shape index (κ2) is 9.67. The number of hydrogen-bond donors (Lipinski definition) is 2. The van der Waals surface area contributed by atoms with E-state index in [2.05, 4.69) is 40.1 Å². The van der Waals surface area contributed by atoms with E-state index in [0.717, 1.165) is 24.3 Å². The number of hydrazone groups is 1. The molecule has 0 radical (unpaired) electrons. The van der Waals surface area contributed by atoms with Crippen molar-refractivity contribution in [1.29, 1.82) is 0 Å². The monoisotopic (exact) mass is 341 g/mol. The zero-order valence-electron chi connectivity index (χ0n) is 14.1. The van der Waals surface area contributed by atoms with Crippen LogP contribution in [-0.4, -0.2) is 17.9 Å². The van der Waals surface area contributed by atoms with Crippen LogP contribution in [0.1, 0.15) is 24.5 Å². The van der Waals surface area contributed by atoms with Crippen LogP contribution in [0.2, 0.25) is 0 Å². The number of nitrogens with zero attached hydrogens (tertiary/aromatic N) is 1. The van der Waals surface area contributed by atoms with Crippen LogP contribution in [-0.2, 0) is 13.0 Å². The number of methoxy groups -OCH3 is 1. The Hall–Kier alpha value is -2.40. The second-order valence-corrected chi connectivity index (χ2v) is 5.88. The van der Waals surface area contributed by atoms with Gasteiger partial charge in [0.05, 0.1) is 7.11 Å². The number of hydrogen-bond acceptors (Lipinski definition) is 3. The van der Waals surface area contributed by atoms with Gasteiger partial charge < -0.3 is 10.1 Å². The first-order valence-corrected chi connectivity index (χ1v) is 8.32. The van der Waals surface area contributed by atoms with Crippen molar-refractivity contribution in [3.05, 3.63) is 65.7 Å². The Morgan fingerprint density at radius 3 is 2.42 bits per heavy atom. The molecule has 24 heavy (non-hydrogen) atoms. The molecule has 4 nitrogen and oxygen atoms in total. The Morgan fingerprint density at radius 2 is 1.75 bits per heavy atom. The quantitative estimate of drug-likeness (QED) is 0.458. The first kappa shape index (κ1) is 17.9. The summed E-state index contributed by atoms with van der Waals surface area (Å²) in [6.07, 6.45) is 1.81. The molecule has 0 fully saturated rings. The molecule has 0 atom stereocenters. The molecule has 0 amide bonds. The number of nitrogens with one attached hydrogen (secondary N) is 2. The van der Waals surface area contributed by atoms with E-state index in [1.165, 1.54) is 11.1 Å². The lowest BCUT2D eigenvalue weighted by molar-refractivity contribution is 0.414. The van der Waals surface area contributed by atoms with Gasteiger partial charge in [0, 0.05) is 12.3 Å². The molecule has 0 aliphatic carbocycles. The van der Waals surface area contributed by atoms with Gasteiger partial charge in [-0.3, -0.25) is 5.43 Å². The van der Waals surface area contributed by atoms with Crippen LogP contribution < -0.4 is 15.5 Å². The van der Waals surface area contributed by atoms with Crippen LogP contribution in [0.25, 0.3) is 0 Å². The topological polar surface area (TPSA) is 45.6 Å². The third kappa shape index (κ3) is 6.38. The Bertz CT molecular complexity index is 669. The molecule has 2 rings (SSSR count). The molecule has 0 saturated heterocycles. The Balaban J connectivity index is 1.71. The van der Waals surface area contributed by atoms with Gasteiger partial charge in [-0.15, -0.1) is 0 Å². The molecule has 5 heteroatoms. The van der Waals surface area contributed by atoms with Crippen LogP contribution in [0.3, 0.4) is 0 Å². The largest absolute Gasteiger partial charge is 0.497 e. The Labute approximate surface area is 148 Å². The summed E-state index contributed by atoms with van der Waals surface area (Å²) >= 11 is 5.23. The maximum atomic E-state index is 5.23. The highest BCUT2D eigenvalue weighted by atomic mass is 32.1. The lowest BCUT2D eigenvalue weighted by Gasteiger charge is -2.08. The summed E-state index contributed by atoms with van der Waals surface area (Å²) in [5.41, 5.74) is 6.35. The highest BCUT2D eigenvalue weighted by Gasteiger charge is 1.99. The van der Waals surface area contributed by atoms with Crippen molar-refractivity contribution in [2.45, 2.75) is 26.3 Å². The SMILES string of the molecule is COc1ccc(CC/C(C)=N\NC(=S)NCc2ccccc2)cc1. The molecular weight excluding hydrogens is 318 g/mol. The smallest absolute Gasteiger partial charge is 0.187 e. The second-order valence-electron chi connectivity index (χ2n) is 5.48. The van der Waals surface area contributed by atoms with Crippen molar-refractivity contribution in [3.8, 4) is 5.75 Å². The number of aryl methyl sites for hydroxylation is 1. The maximum absolute atomic E-state index is 5.23. The number of thiocarbonyl (C=S) groups is 1. The molecule has 126 valence electrons. The van der Waals surface area contributed by atoms with E-state index in [1.807, 2.05) is 37.3 Å². The van der Waals surface area contributed by atoms with Crippen LogP contribution in [0.5, 0.6) is 5.75 Å². The number of ether oxygens (including phenoxy) is 1. The molecule has 0 aliphatic rings. The van der Waals surface area contributed by atoms with Crippen molar-refractivity contribution in [1.82, 2.24) is 10.7 Å². The lowest BCUT2D eigenvalue weighted by Crippen LogP contribution is -2.32. The predicted molar refractivity (Wildman–Crippen MR) is 103 cm³/mol. The minimum absolute atomic E-state index is 0.530. The molecule has 0 aromatic heterocycles. The van der Waals surface area contributed by atoms with Gasteiger partial charge in [-0.05, 0) is 55.2 Å². The summed E-state index contributed by atoms with van der Waals surface area (Å²) in [5, 5.41) is 7.99. The van der Waals surface area contributed by atoms with Crippen LogP contribution in [0.15, 0.2) is 59.7 Å². The zero-order chi connectivity index (χ0) is 17.2. The van der Waals surface area contributed by atoms with Gasteiger partial charge in [0.1, 0.15) is 5.75 Å². The fourth-order valence-electron chi connectivity index (χ4n) is 2.14. The average Bonchev–Trinajstić information content (AvgIpc) is 2.64. The van der Waals surface area contributed by atoms with E-state index < -0.39 is 0 Å². The number of benzene rings is 2. The predicted octanol–water partition coefficient (Wildman–Crippen LogP) is 3.67. The highest BCUT2D eigenvalue weighted by Crippen LogP contribution is 2.12. The maximum Gasteiger partial charge on any atom is 0.187 e. The molecule has 0 aliphatic heterocycles. The van der Waals surface area contributed by atoms with Gasteiger partial charge in [-0.2, -0.15) is 5.10 Å². The fraction of sp³-hybridized carbons (Fsp3) is 0.263. The van der Waals surface area contributed by atoms with E-state index in [0.29, 0.717) is 11.7 Å². The van der Waals surface area contributed by atoms with Gasteiger partial charge in [0.2, 0.25) is 0 Å². The minimum Gasteiger partial charge on any atom is -0.497 e. The first-order chi connectivity index (χ1) is 11.7. The summed E-state index contributed by atoms with van der Waals surface area (Å²) in [7, 11) is 1.67. The molecule has 2 aromatic rings. The van der Waals surface area contributed by atoms with E-state index in [9.17, 15) is 0 Å². The van der Waals surface area contributed by atoms with Gasteiger partial charge in [-0.25, -0.2) is 0 Å². The molecule has 0 bridgehead atoms. The van der Waals surface area contributed by atoms with Gasteiger partial charge in [0.15, 0.2) is 5.11 Å². The van der Waals surface area contributed by atoms with Crippen molar-refractivity contribution >= 4 is 23.0 Å². The van der Waals surface area contributed by atoms with E-state index in [4.69, 9.17) is 17.0 Å².